The summed E-state index contributed by atoms with van der Waals surface area (Å²) in [6.07, 6.45) is 2.81. The van der Waals surface area contributed by atoms with Crippen molar-refractivity contribution in [3.8, 4) is 11.5 Å². The van der Waals surface area contributed by atoms with Crippen LogP contribution in [0.3, 0.4) is 0 Å². The lowest BCUT2D eigenvalue weighted by molar-refractivity contribution is 0.395. The van der Waals surface area contributed by atoms with E-state index in [4.69, 9.17) is 9.47 Å². The Balaban J connectivity index is 2.04. The van der Waals surface area contributed by atoms with Crippen molar-refractivity contribution >= 4 is 22.3 Å². The van der Waals surface area contributed by atoms with Crippen LogP contribution < -0.4 is 14.8 Å². The molecule has 3 aromatic rings. The zero-order valence-electron chi connectivity index (χ0n) is 13.6. The minimum Gasteiger partial charge on any atom is -0.497 e. The maximum atomic E-state index is 5.33. The molecule has 0 unspecified atom stereocenters. The molecule has 0 spiro atoms. The molecule has 0 aliphatic rings. The molecule has 1 heterocycles. The summed E-state index contributed by atoms with van der Waals surface area (Å²) in [5.74, 6) is 1.50. The molecule has 0 aliphatic heterocycles. The van der Waals surface area contributed by atoms with E-state index in [9.17, 15) is 0 Å². The first-order valence-electron chi connectivity index (χ1n) is 7.61. The van der Waals surface area contributed by atoms with Crippen LogP contribution in [0.15, 0.2) is 48.7 Å². The van der Waals surface area contributed by atoms with Gasteiger partial charge in [0.2, 0.25) is 0 Å². The van der Waals surface area contributed by atoms with Crippen molar-refractivity contribution in [2.45, 2.75) is 13.3 Å². The Labute approximate surface area is 136 Å². The average Bonchev–Trinajstić information content (AvgIpc) is 2.61. The average molecular weight is 308 g/mol. The third-order valence-electron chi connectivity index (χ3n) is 3.84. The molecule has 23 heavy (non-hydrogen) atoms. The van der Waals surface area contributed by atoms with Gasteiger partial charge in [-0.15, -0.1) is 0 Å². The highest BCUT2D eigenvalue weighted by atomic mass is 16.5. The van der Waals surface area contributed by atoms with Gasteiger partial charge in [-0.25, -0.2) is 0 Å². The maximum absolute atomic E-state index is 5.33. The molecule has 0 amide bonds. The molecule has 0 radical (unpaired) electrons. The van der Waals surface area contributed by atoms with E-state index in [2.05, 4.69) is 35.4 Å². The van der Waals surface area contributed by atoms with Crippen LogP contribution in [0.25, 0.3) is 10.9 Å². The number of nitrogens with zero attached hydrogens (tertiary/aromatic N) is 1. The summed E-state index contributed by atoms with van der Waals surface area (Å²) < 4.78 is 10.7. The summed E-state index contributed by atoms with van der Waals surface area (Å²) in [5, 5.41) is 4.55. The second-order valence-electron chi connectivity index (χ2n) is 5.29. The Kier molecular flexibility index (Phi) is 4.33. The van der Waals surface area contributed by atoms with Gasteiger partial charge in [0.1, 0.15) is 11.5 Å². The molecule has 0 saturated heterocycles. The summed E-state index contributed by atoms with van der Waals surface area (Å²) in [6.45, 7) is 2.15. The van der Waals surface area contributed by atoms with Gasteiger partial charge in [-0.2, -0.15) is 0 Å². The molecule has 0 bridgehead atoms. The Hall–Kier alpha value is -2.75. The summed E-state index contributed by atoms with van der Waals surface area (Å²) in [7, 11) is 3.29. The lowest BCUT2D eigenvalue weighted by Gasteiger charge is -2.13. The number of rotatable bonds is 5. The van der Waals surface area contributed by atoms with E-state index in [1.54, 1.807) is 14.2 Å². The van der Waals surface area contributed by atoms with Crippen LogP contribution >= 0.6 is 0 Å². The third-order valence-corrected chi connectivity index (χ3v) is 3.84. The zero-order chi connectivity index (χ0) is 16.2. The first-order valence-corrected chi connectivity index (χ1v) is 7.61. The van der Waals surface area contributed by atoms with Gasteiger partial charge in [-0.1, -0.05) is 13.0 Å². The van der Waals surface area contributed by atoms with Gasteiger partial charge in [0.15, 0.2) is 0 Å². The summed E-state index contributed by atoms with van der Waals surface area (Å²) in [4.78, 5) is 4.44. The normalized spacial score (nSPS) is 10.6. The number of pyridine rings is 1. The fourth-order valence-electron chi connectivity index (χ4n) is 2.56. The number of ether oxygens (including phenoxy) is 2. The SMILES string of the molecule is CCc1ccc2nccc(Nc3cc(OC)cc(OC)c3)c2c1. The van der Waals surface area contributed by atoms with E-state index >= 15 is 0 Å². The number of aromatic nitrogens is 1. The lowest BCUT2D eigenvalue weighted by Crippen LogP contribution is -1.95. The number of anilines is 2. The number of hydrogen-bond acceptors (Lipinski definition) is 4. The van der Waals surface area contributed by atoms with Gasteiger partial charge in [-0.3, -0.25) is 4.98 Å². The van der Waals surface area contributed by atoms with Gasteiger partial charge in [0.25, 0.3) is 0 Å². The van der Waals surface area contributed by atoms with E-state index in [0.717, 1.165) is 40.2 Å². The van der Waals surface area contributed by atoms with Crippen LogP contribution in [0.1, 0.15) is 12.5 Å². The Morgan fingerprint density at radius 1 is 0.957 bits per heavy atom. The molecule has 118 valence electrons. The highest BCUT2D eigenvalue weighted by molar-refractivity contribution is 5.93. The van der Waals surface area contributed by atoms with Crippen LogP contribution in [0.2, 0.25) is 0 Å². The first-order chi connectivity index (χ1) is 11.2. The fourth-order valence-corrected chi connectivity index (χ4v) is 2.56. The monoisotopic (exact) mass is 308 g/mol. The van der Waals surface area contributed by atoms with Crippen LogP contribution in [0, 0.1) is 0 Å². The van der Waals surface area contributed by atoms with Crippen molar-refractivity contribution in [2.75, 3.05) is 19.5 Å². The molecule has 0 fully saturated rings. The van der Waals surface area contributed by atoms with Crippen molar-refractivity contribution in [1.29, 1.82) is 0 Å². The van der Waals surface area contributed by atoms with Crippen molar-refractivity contribution < 1.29 is 9.47 Å². The van der Waals surface area contributed by atoms with Gasteiger partial charge in [-0.05, 0) is 30.2 Å². The highest BCUT2D eigenvalue weighted by Crippen LogP contribution is 2.31. The number of hydrogen-bond donors (Lipinski definition) is 1. The number of aryl methyl sites for hydroxylation is 1. The molecular weight excluding hydrogens is 288 g/mol. The number of fused-ring (bicyclic) bond motifs is 1. The second kappa shape index (κ2) is 6.57. The van der Waals surface area contributed by atoms with Gasteiger partial charge in [0, 0.05) is 41.2 Å². The zero-order valence-corrected chi connectivity index (χ0v) is 13.6. The van der Waals surface area contributed by atoms with Gasteiger partial charge >= 0.3 is 0 Å². The summed E-state index contributed by atoms with van der Waals surface area (Å²) in [6, 6.07) is 14.1. The van der Waals surface area contributed by atoms with Crippen LogP contribution in [-0.2, 0) is 6.42 Å². The molecule has 1 N–H and O–H groups in total. The van der Waals surface area contributed by atoms with Crippen molar-refractivity contribution in [2.24, 2.45) is 0 Å². The molecule has 0 aliphatic carbocycles. The Morgan fingerprint density at radius 3 is 2.35 bits per heavy atom. The molecule has 2 aromatic carbocycles. The maximum Gasteiger partial charge on any atom is 0.124 e. The minimum absolute atomic E-state index is 0.749. The Morgan fingerprint density at radius 2 is 1.70 bits per heavy atom. The second-order valence-corrected chi connectivity index (χ2v) is 5.29. The van der Waals surface area contributed by atoms with E-state index in [1.165, 1.54) is 5.56 Å². The lowest BCUT2D eigenvalue weighted by atomic mass is 10.1. The van der Waals surface area contributed by atoms with Crippen LogP contribution in [0.4, 0.5) is 11.4 Å². The molecular formula is C19H20N2O2. The van der Waals surface area contributed by atoms with Gasteiger partial charge < -0.3 is 14.8 Å². The van der Waals surface area contributed by atoms with Crippen LogP contribution in [0.5, 0.6) is 11.5 Å². The highest BCUT2D eigenvalue weighted by Gasteiger charge is 2.06. The van der Waals surface area contributed by atoms with Crippen molar-refractivity contribution in [3.05, 3.63) is 54.2 Å². The first kappa shape index (κ1) is 15.2. The van der Waals surface area contributed by atoms with E-state index in [-0.39, 0.29) is 0 Å². The molecule has 0 saturated carbocycles. The van der Waals surface area contributed by atoms with E-state index in [0.29, 0.717) is 0 Å². The molecule has 4 nitrogen and oxygen atoms in total. The third kappa shape index (κ3) is 3.21. The predicted octanol–water partition coefficient (Wildman–Crippen LogP) is 4.56. The van der Waals surface area contributed by atoms with Crippen LogP contribution in [-0.4, -0.2) is 19.2 Å². The number of benzene rings is 2. The predicted molar refractivity (Wildman–Crippen MR) is 93.9 cm³/mol. The Bertz CT molecular complexity index is 808. The van der Waals surface area contributed by atoms with Crippen molar-refractivity contribution in [3.63, 3.8) is 0 Å². The molecule has 0 atom stereocenters. The minimum atomic E-state index is 0.749. The van der Waals surface area contributed by atoms with Gasteiger partial charge in [0.05, 0.1) is 19.7 Å². The smallest absolute Gasteiger partial charge is 0.124 e. The standard InChI is InChI=1S/C19H20N2O2/c1-4-13-5-6-18-17(9-13)19(7-8-20-18)21-14-10-15(22-2)12-16(11-14)23-3/h5-12H,4H2,1-3H3,(H,20,21). The van der Waals surface area contributed by atoms with Crippen molar-refractivity contribution in [1.82, 2.24) is 4.98 Å². The largest absolute Gasteiger partial charge is 0.497 e. The van der Waals surface area contributed by atoms with E-state index < -0.39 is 0 Å². The topological polar surface area (TPSA) is 43.4 Å². The molecule has 3 rings (SSSR count). The number of nitrogens with one attached hydrogen (secondary N) is 1. The molecule has 4 heteroatoms. The number of methoxy groups -OCH3 is 2. The summed E-state index contributed by atoms with van der Waals surface area (Å²) in [5.41, 5.74) is 4.19. The summed E-state index contributed by atoms with van der Waals surface area (Å²) >= 11 is 0. The quantitative estimate of drug-likeness (QED) is 0.750. The molecule has 1 aromatic heterocycles. The van der Waals surface area contributed by atoms with E-state index in [1.807, 2.05) is 30.5 Å². The fraction of sp³-hybridized carbons (Fsp3) is 0.211.